The molecular weight excluding hydrogens is 398 g/mol. The van der Waals surface area contributed by atoms with E-state index in [1.807, 2.05) is 97.1 Å². The third kappa shape index (κ3) is 5.16. The molecule has 0 saturated heterocycles. The van der Waals surface area contributed by atoms with Crippen LogP contribution in [0.5, 0.6) is 11.5 Å². The van der Waals surface area contributed by atoms with E-state index in [-0.39, 0.29) is 11.9 Å². The van der Waals surface area contributed by atoms with Crippen LogP contribution in [0.2, 0.25) is 0 Å². The van der Waals surface area contributed by atoms with Gasteiger partial charge in [0, 0.05) is 11.1 Å². The molecule has 0 aliphatic carbocycles. The van der Waals surface area contributed by atoms with Gasteiger partial charge in [-0.3, -0.25) is 4.79 Å². The molecule has 4 heteroatoms. The zero-order valence-corrected chi connectivity index (χ0v) is 17.9. The van der Waals surface area contributed by atoms with E-state index in [4.69, 9.17) is 9.47 Å². The summed E-state index contributed by atoms with van der Waals surface area (Å²) in [6.45, 7) is 0.301. The lowest BCUT2D eigenvalue weighted by molar-refractivity contribution is 0.0942. The molecule has 4 nitrogen and oxygen atoms in total. The number of para-hydroxylation sites is 1. The SMILES string of the molecule is COc1ccc(C(=O)NC(c2ccccc2)c2ccccc2)cc1COc1ccccc1. The van der Waals surface area contributed by atoms with Crippen molar-refractivity contribution < 1.29 is 14.3 Å². The third-order valence-corrected chi connectivity index (χ3v) is 5.22. The molecule has 0 saturated carbocycles. The lowest BCUT2D eigenvalue weighted by Gasteiger charge is -2.20. The summed E-state index contributed by atoms with van der Waals surface area (Å²) in [5.41, 5.74) is 3.40. The molecule has 0 aromatic heterocycles. The van der Waals surface area contributed by atoms with Crippen LogP contribution in [-0.4, -0.2) is 13.0 Å². The Kier molecular flexibility index (Phi) is 6.83. The van der Waals surface area contributed by atoms with Gasteiger partial charge in [0.25, 0.3) is 5.91 Å². The van der Waals surface area contributed by atoms with Crippen LogP contribution in [0.15, 0.2) is 109 Å². The zero-order valence-electron chi connectivity index (χ0n) is 17.9. The first-order valence-electron chi connectivity index (χ1n) is 10.5. The van der Waals surface area contributed by atoms with Gasteiger partial charge in [0.2, 0.25) is 0 Å². The summed E-state index contributed by atoms with van der Waals surface area (Å²) in [6, 6.07) is 34.6. The van der Waals surface area contributed by atoms with E-state index in [1.54, 1.807) is 19.2 Å². The van der Waals surface area contributed by atoms with Crippen molar-refractivity contribution in [1.29, 1.82) is 0 Å². The second kappa shape index (κ2) is 10.3. The number of methoxy groups -OCH3 is 1. The highest BCUT2D eigenvalue weighted by Crippen LogP contribution is 2.25. The second-order valence-corrected chi connectivity index (χ2v) is 7.36. The van der Waals surface area contributed by atoms with Gasteiger partial charge in [-0.25, -0.2) is 0 Å². The van der Waals surface area contributed by atoms with Gasteiger partial charge in [-0.1, -0.05) is 78.9 Å². The number of benzene rings is 4. The molecule has 160 valence electrons. The molecule has 4 aromatic rings. The number of amides is 1. The fraction of sp³-hybridized carbons (Fsp3) is 0.107. The van der Waals surface area contributed by atoms with E-state index in [0.29, 0.717) is 17.9 Å². The molecule has 0 heterocycles. The molecule has 1 amide bonds. The topological polar surface area (TPSA) is 47.6 Å². The summed E-state index contributed by atoms with van der Waals surface area (Å²) in [7, 11) is 1.61. The van der Waals surface area contributed by atoms with Gasteiger partial charge in [-0.2, -0.15) is 0 Å². The summed E-state index contributed by atoms with van der Waals surface area (Å²) in [6.07, 6.45) is 0. The number of hydrogen-bond donors (Lipinski definition) is 1. The Balaban J connectivity index is 1.57. The summed E-state index contributed by atoms with van der Waals surface area (Å²) >= 11 is 0. The molecule has 4 rings (SSSR count). The van der Waals surface area contributed by atoms with Crippen molar-refractivity contribution in [3.05, 3.63) is 131 Å². The monoisotopic (exact) mass is 423 g/mol. The molecule has 0 bridgehead atoms. The second-order valence-electron chi connectivity index (χ2n) is 7.36. The van der Waals surface area contributed by atoms with Crippen LogP contribution < -0.4 is 14.8 Å². The maximum absolute atomic E-state index is 13.2. The van der Waals surface area contributed by atoms with Crippen molar-refractivity contribution in [2.75, 3.05) is 7.11 Å². The summed E-state index contributed by atoms with van der Waals surface area (Å²) in [5, 5.41) is 3.18. The standard InChI is InChI=1S/C28H25NO3/c1-31-26-18-17-23(19-24(26)20-32-25-15-9-4-10-16-25)28(30)29-27(21-11-5-2-6-12-21)22-13-7-3-8-14-22/h2-19,27H,20H2,1H3,(H,29,30). The molecule has 0 radical (unpaired) electrons. The maximum Gasteiger partial charge on any atom is 0.252 e. The summed E-state index contributed by atoms with van der Waals surface area (Å²) in [4.78, 5) is 13.2. The lowest BCUT2D eigenvalue weighted by atomic mass is 9.98. The smallest absolute Gasteiger partial charge is 0.252 e. The van der Waals surface area contributed by atoms with Crippen molar-refractivity contribution in [3.63, 3.8) is 0 Å². The molecule has 0 fully saturated rings. The highest BCUT2D eigenvalue weighted by atomic mass is 16.5. The minimum Gasteiger partial charge on any atom is -0.496 e. The first-order chi connectivity index (χ1) is 15.7. The van der Waals surface area contributed by atoms with Crippen LogP contribution in [0.1, 0.15) is 33.1 Å². The van der Waals surface area contributed by atoms with Crippen molar-refractivity contribution >= 4 is 5.91 Å². The quantitative estimate of drug-likeness (QED) is 0.390. The Morgan fingerprint density at radius 1 is 0.781 bits per heavy atom. The van der Waals surface area contributed by atoms with E-state index in [0.717, 1.165) is 22.4 Å². The van der Waals surface area contributed by atoms with Crippen molar-refractivity contribution in [1.82, 2.24) is 5.32 Å². The largest absolute Gasteiger partial charge is 0.496 e. The van der Waals surface area contributed by atoms with E-state index in [1.165, 1.54) is 0 Å². The third-order valence-electron chi connectivity index (χ3n) is 5.22. The molecule has 0 aliphatic heterocycles. The van der Waals surface area contributed by atoms with Gasteiger partial charge in [0.15, 0.2) is 0 Å². The minimum absolute atomic E-state index is 0.161. The number of hydrogen-bond acceptors (Lipinski definition) is 3. The molecule has 0 aliphatic rings. The predicted molar refractivity (Wildman–Crippen MR) is 126 cm³/mol. The van der Waals surface area contributed by atoms with Gasteiger partial charge in [0.1, 0.15) is 18.1 Å². The van der Waals surface area contributed by atoms with Crippen molar-refractivity contribution in [2.45, 2.75) is 12.6 Å². The van der Waals surface area contributed by atoms with Crippen LogP contribution >= 0.6 is 0 Å². The number of ether oxygens (including phenoxy) is 2. The van der Waals surface area contributed by atoms with Gasteiger partial charge >= 0.3 is 0 Å². The molecule has 0 spiro atoms. The highest BCUT2D eigenvalue weighted by Gasteiger charge is 2.18. The Morgan fingerprint density at radius 3 is 1.91 bits per heavy atom. The Labute approximate surface area is 188 Å². The van der Waals surface area contributed by atoms with Crippen LogP contribution in [0.25, 0.3) is 0 Å². The number of nitrogens with one attached hydrogen (secondary N) is 1. The molecule has 1 N–H and O–H groups in total. The van der Waals surface area contributed by atoms with E-state index >= 15 is 0 Å². The predicted octanol–water partition coefficient (Wildman–Crippen LogP) is 5.79. The van der Waals surface area contributed by atoms with E-state index < -0.39 is 0 Å². The molecule has 32 heavy (non-hydrogen) atoms. The highest BCUT2D eigenvalue weighted by molar-refractivity contribution is 5.95. The lowest BCUT2D eigenvalue weighted by Crippen LogP contribution is -2.29. The fourth-order valence-corrected chi connectivity index (χ4v) is 3.57. The number of carbonyl (C=O) groups is 1. The average Bonchev–Trinajstić information content (AvgIpc) is 2.87. The Hall–Kier alpha value is -4.05. The maximum atomic E-state index is 13.2. The molecule has 0 atom stereocenters. The van der Waals surface area contributed by atoms with Crippen LogP contribution in [0.3, 0.4) is 0 Å². The van der Waals surface area contributed by atoms with Crippen molar-refractivity contribution in [2.24, 2.45) is 0 Å². The summed E-state index contributed by atoms with van der Waals surface area (Å²) in [5.74, 6) is 1.28. The zero-order chi connectivity index (χ0) is 22.2. The van der Waals surface area contributed by atoms with E-state index in [2.05, 4.69) is 5.32 Å². The Morgan fingerprint density at radius 2 is 1.34 bits per heavy atom. The molecule has 4 aromatic carbocycles. The van der Waals surface area contributed by atoms with E-state index in [9.17, 15) is 4.79 Å². The van der Waals surface area contributed by atoms with Gasteiger partial charge in [-0.15, -0.1) is 0 Å². The molecule has 0 unspecified atom stereocenters. The first-order valence-corrected chi connectivity index (χ1v) is 10.5. The van der Waals surface area contributed by atoms with Gasteiger partial charge < -0.3 is 14.8 Å². The Bertz CT molecular complexity index is 1110. The first kappa shape index (κ1) is 21.2. The van der Waals surface area contributed by atoms with Crippen LogP contribution in [0.4, 0.5) is 0 Å². The van der Waals surface area contributed by atoms with Gasteiger partial charge in [-0.05, 0) is 41.5 Å². The minimum atomic E-state index is -0.254. The molecular formula is C28H25NO3. The summed E-state index contributed by atoms with van der Waals surface area (Å²) < 4.78 is 11.4. The number of carbonyl (C=O) groups excluding carboxylic acids is 1. The van der Waals surface area contributed by atoms with Crippen molar-refractivity contribution in [3.8, 4) is 11.5 Å². The normalized spacial score (nSPS) is 10.6. The van der Waals surface area contributed by atoms with Gasteiger partial charge in [0.05, 0.1) is 13.2 Å². The van der Waals surface area contributed by atoms with Crippen LogP contribution in [-0.2, 0) is 6.61 Å². The fourth-order valence-electron chi connectivity index (χ4n) is 3.57. The van der Waals surface area contributed by atoms with Crippen LogP contribution in [0, 0.1) is 0 Å². The number of rotatable bonds is 8. The average molecular weight is 424 g/mol.